The predicted octanol–water partition coefficient (Wildman–Crippen LogP) is 3.58. The van der Waals surface area contributed by atoms with Crippen LogP contribution < -0.4 is 5.09 Å². The Hall–Kier alpha value is -2.66. The molecule has 0 bridgehead atoms. The van der Waals surface area contributed by atoms with E-state index in [1.807, 2.05) is 66.1 Å². The van der Waals surface area contributed by atoms with E-state index in [4.69, 9.17) is 9.79 Å². The van der Waals surface area contributed by atoms with Crippen LogP contribution in [0.4, 0.5) is 0 Å². The number of nitrogens with zero attached hydrogens (tertiary/aromatic N) is 1. The lowest BCUT2D eigenvalue weighted by Gasteiger charge is -2.11. The van der Waals surface area contributed by atoms with Gasteiger partial charge in [0, 0.05) is 17.1 Å². The van der Waals surface area contributed by atoms with Crippen molar-refractivity contribution in [2.45, 2.75) is 13.8 Å². The van der Waals surface area contributed by atoms with E-state index in [9.17, 15) is 9.36 Å². The van der Waals surface area contributed by atoms with E-state index in [-0.39, 0.29) is 5.56 Å². The molecule has 0 unspecified atom stereocenters. The van der Waals surface area contributed by atoms with Gasteiger partial charge in [-0.1, -0.05) is 42.5 Å². The van der Waals surface area contributed by atoms with Crippen molar-refractivity contribution in [3.8, 4) is 16.8 Å². The molecular formula is C19H19N2O4P. The summed E-state index contributed by atoms with van der Waals surface area (Å²) in [5.41, 5.74) is 4.71. The van der Waals surface area contributed by atoms with Crippen LogP contribution in [-0.4, -0.2) is 20.3 Å². The number of aromatic nitrogens is 1. The molecule has 1 heterocycles. The van der Waals surface area contributed by atoms with Gasteiger partial charge in [-0.25, -0.2) is 4.57 Å². The van der Waals surface area contributed by atoms with Crippen molar-refractivity contribution >= 4 is 13.7 Å². The van der Waals surface area contributed by atoms with Gasteiger partial charge in [-0.05, 0) is 43.2 Å². The van der Waals surface area contributed by atoms with Crippen LogP contribution in [0.2, 0.25) is 0 Å². The highest BCUT2D eigenvalue weighted by Crippen LogP contribution is 2.30. The minimum Gasteiger partial charge on any atom is -0.318 e. The van der Waals surface area contributed by atoms with Gasteiger partial charge in [-0.15, -0.1) is 0 Å². The van der Waals surface area contributed by atoms with Crippen LogP contribution in [0.5, 0.6) is 0 Å². The molecule has 2 aromatic carbocycles. The smallest absolute Gasteiger partial charge is 0.318 e. The Morgan fingerprint density at radius 1 is 0.962 bits per heavy atom. The van der Waals surface area contributed by atoms with Crippen molar-refractivity contribution in [2.75, 3.05) is 0 Å². The average molecular weight is 370 g/mol. The van der Waals surface area contributed by atoms with Crippen molar-refractivity contribution < 1.29 is 19.1 Å². The molecule has 0 spiro atoms. The van der Waals surface area contributed by atoms with Gasteiger partial charge in [-0.3, -0.25) is 9.88 Å². The number of rotatable bonds is 4. The molecule has 1 amide bonds. The Labute approximate surface area is 151 Å². The normalized spacial score (nSPS) is 11.4. The number of hydrogen-bond acceptors (Lipinski definition) is 2. The molecule has 1 aromatic heterocycles. The fraction of sp³-hybridized carbons (Fsp3) is 0.105. The summed E-state index contributed by atoms with van der Waals surface area (Å²) in [5.74, 6) is -0.793. The highest BCUT2D eigenvalue weighted by atomic mass is 31.2. The number of nitrogens with one attached hydrogen (secondary N) is 1. The highest BCUT2D eigenvalue weighted by molar-refractivity contribution is 7.50. The molecule has 0 radical (unpaired) electrons. The first kappa shape index (κ1) is 18.1. The Morgan fingerprint density at radius 3 is 2.12 bits per heavy atom. The fourth-order valence-corrected chi connectivity index (χ4v) is 3.40. The van der Waals surface area contributed by atoms with Gasteiger partial charge < -0.3 is 14.4 Å². The first-order valence-electron chi connectivity index (χ1n) is 7.99. The van der Waals surface area contributed by atoms with E-state index in [0.29, 0.717) is 5.69 Å². The van der Waals surface area contributed by atoms with E-state index in [1.165, 1.54) is 0 Å². The van der Waals surface area contributed by atoms with Crippen molar-refractivity contribution in [2.24, 2.45) is 0 Å². The molecule has 3 rings (SSSR count). The van der Waals surface area contributed by atoms with E-state index in [2.05, 4.69) is 0 Å². The summed E-state index contributed by atoms with van der Waals surface area (Å²) >= 11 is 0. The number of carbonyl (C=O) groups is 1. The molecule has 0 fully saturated rings. The summed E-state index contributed by atoms with van der Waals surface area (Å²) < 4.78 is 12.9. The zero-order valence-corrected chi connectivity index (χ0v) is 15.3. The highest BCUT2D eigenvalue weighted by Gasteiger charge is 2.22. The summed E-state index contributed by atoms with van der Waals surface area (Å²) in [7, 11) is -4.63. The molecule has 26 heavy (non-hydrogen) atoms. The molecule has 6 nitrogen and oxygen atoms in total. The summed E-state index contributed by atoms with van der Waals surface area (Å²) in [5, 5.41) is 1.71. The summed E-state index contributed by atoms with van der Waals surface area (Å²) in [6.45, 7) is 3.58. The lowest BCUT2D eigenvalue weighted by Crippen LogP contribution is -2.20. The second-order valence-corrected chi connectivity index (χ2v) is 7.33. The monoisotopic (exact) mass is 370 g/mol. The molecule has 7 heteroatoms. The summed E-state index contributed by atoms with van der Waals surface area (Å²) in [6.07, 6.45) is 0. The zero-order chi connectivity index (χ0) is 18.9. The quantitative estimate of drug-likeness (QED) is 0.612. The minimum absolute atomic E-state index is 0.234. The molecule has 0 saturated heterocycles. The van der Waals surface area contributed by atoms with Crippen LogP contribution in [0, 0.1) is 13.8 Å². The van der Waals surface area contributed by atoms with E-state index in [1.54, 1.807) is 18.1 Å². The van der Waals surface area contributed by atoms with Crippen LogP contribution in [0.25, 0.3) is 16.8 Å². The second-order valence-electron chi connectivity index (χ2n) is 6.02. The lowest BCUT2D eigenvalue weighted by molar-refractivity contribution is 0.0971. The largest absolute Gasteiger partial charge is 0.430 e. The van der Waals surface area contributed by atoms with Gasteiger partial charge in [0.2, 0.25) is 0 Å². The number of hydrogen-bond donors (Lipinski definition) is 3. The third-order valence-electron chi connectivity index (χ3n) is 4.16. The number of aryl methyl sites for hydroxylation is 1. The number of benzene rings is 2. The maximum Gasteiger partial charge on any atom is 0.430 e. The van der Waals surface area contributed by atoms with Crippen molar-refractivity contribution in [3.63, 3.8) is 0 Å². The topological polar surface area (TPSA) is 91.6 Å². The van der Waals surface area contributed by atoms with Gasteiger partial charge >= 0.3 is 7.75 Å². The molecule has 0 aliphatic heterocycles. The SMILES string of the molecule is Cc1cc(C(=O)NP(=O)(O)O)c(C)n1-c1ccc(-c2ccccc2)cc1. The molecule has 0 aliphatic rings. The van der Waals surface area contributed by atoms with E-state index < -0.39 is 13.7 Å². The lowest BCUT2D eigenvalue weighted by atomic mass is 10.1. The van der Waals surface area contributed by atoms with Crippen molar-refractivity contribution in [1.29, 1.82) is 0 Å². The second kappa shape index (κ2) is 6.92. The number of amides is 1. The maximum atomic E-state index is 12.1. The van der Waals surface area contributed by atoms with Crippen molar-refractivity contribution in [3.05, 3.63) is 77.6 Å². The van der Waals surface area contributed by atoms with E-state index in [0.717, 1.165) is 22.5 Å². The Morgan fingerprint density at radius 2 is 1.54 bits per heavy atom. The standard InChI is InChI=1S/C19H19N2O4P/c1-13-12-18(19(22)20-26(23,24)25)14(2)21(13)17-10-8-16(9-11-17)15-6-4-3-5-7-15/h3-12H,1-2H3,(H3,20,22,23,24,25). The molecule has 134 valence electrons. The van der Waals surface area contributed by atoms with Gasteiger partial charge in [0.25, 0.3) is 5.91 Å². The predicted molar refractivity (Wildman–Crippen MR) is 100 cm³/mol. The van der Waals surface area contributed by atoms with Crippen LogP contribution in [-0.2, 0) is 4.57 Å². The molecule has 0 atom stereocenters. The third kappa shape index (κ3) is 3.78. The van der Waals surface area contributed by atoms with E-state index >= 15 is 0 Å². The first-order chi connectivity index (χ1) is 12.3. The van der Waals surface area contributed by atoms with Crippen molar-refractivity contribution in [1.82, 2.24) is 9.65 Å². The van der Waals surface area contributed by atoms with Gasteiger partial charge in [0.15, 0.2) is 0 Å². The maximum absolute atomic E-state index is 12.1. The Balaban J connectivity index is 1.95. The van der Waals surface area contributed by atoms with Crippen LogP contribution >= 0.6 is 7.75 Å². The summed E-state index contributed by atoms with van der Waals surface area (Å²) in [6, 6.07) is 19.5. The van der Waals surface area contributed by atoms with Crippen LogP contribution in [0.1, 0.15) is 21.7 Å². The van der Waals surface area contributed by atoms with Gasteiger partial charge in [0.1, 0.15) is 0 Å². The summed E-state index contributed by atoms with van der Waals surface area (Å²) in [4.78, 5) is 30.0. The molecule has 3 N–H and O–H groups in total. The Kier molecular flexibility index (Phi) is 4.83. The van der Waals surface area contributed by atoms with Gasteiger partial charge in [0.05, 0.1) is 5.56 Å². The molecular weight excluding hydrogens is 351 g/mol. The fourth-order valence-electron chi connectivity index (χ4n) is 3.02. The van der Waals surface area contributed by atoms with Crippen LogP contribution in [0.15, 0.2) is 60.7 Å². The molecule has 0 aliphatic carbocycles. The molecule has 0 saturated carbocycles. The first-order valence-corrected chi connectivity index (χ1v) is 9.60. The third-order valence-corrected chi connectivity index (χ3v) is 4.65. The molecule has 3 aromatic rings. The minimum atomic E-state index is -4.63. The zero-order valence-electron chi connectivity index (χ0n) is 14.4. The Bertz CT molecular complexity index is 988. The van der Waals surface area contributed by atoms with Gasteiger partial charge in [-0.2, -0.15) is 0 Å². The van der Waals surface area contributed by atoms with Crippen LogP contribution in [0.3, 0.4) is 0 Å². The number of carbonyl (C=O) groups excluding carboxylic acids is 1. The average Bonchev–Trinajstić information content (AvgIpc) is 2.89.